The Balaban J connectivity index is 2.47. The summed E-state index contributed by atoms with van der Waals surface area (Å²) in [4.78, 5) is 0.861. The fraction of sp³-hybridized carbons (Fsp3) is 0.429. The van der Waals surface area contributed by atoms with E-state index in [0.717, 1.165) is 5.56 Å². The Morgan fingerprint density at radius 2 is 1.89 bits per heavy atom. The monoisotopic (exact) mass is 266 g/mol. The number of methoxy groups -OCH3 is 1. The number of rotatable bonds is 2. The quantitative estimate of drug-likeness (QED) is 0.825. The van der Waals surface area contributed by atoms with Crippen molar-refractivity contribution in [3.8, 4) is 5.75 Å². The summed E-state index contributed by atoms with van der Waals surface area (Å²) in [6, 6.07) is 5.17. The molecule has 0 radical (unpaired) electrons. The smallest absolute Gasteiger partial charge is 0.203 e. The van der Waals surface area contributed by atoms with Crippen molar-refractivity contribution in [3.63, 3.8) is 0 Å². The molecular formula is C14H18O3S. The highest BCUT2D eigenvalue weighted by molar-refractivity contribution is 7.95. The van der Waals surface area contributed by atoms with Gasteiger partial charge < -0.3 is 4.74 Å². The summed E-state index contributed by atoms with van der Waals surface area (Å²) in [6.45, 7) is 6.10. The molecule has 0 atom stereocenters. The largest absolute Gasteiger partial charge is 0.497 e. The highest BCUT2D eigenvalue weighted by atomic mass is 32.2. The van der Waals surface area contributed by atoms with E-state index in [9.17, 15) is 8.42 Å². The highest BCUT2D eigenvalue weighted by Gasteiger charge is 2.32. The Bertz CT molecular complexity index is 604. The lowest BCUT2D eigenvalue weighted by Gasteiger charge is -2.18. The average Bonchev–Trinajstić information content (AvgIpc) is 2.48. The summed E-state index contributed by atoms with van der Waals surface area (Å²) in [5.74, 6) is 0.572. The third-order valence-electron chi connectivity index (χ3n) is 2.88. The van der Waals surface area contributed by atoms with Crippen molar-refractivity contribution < 1.29 is 13.2 Å². The van der Waals surface area contributed by atoms with Gasteiger partial charge in [0.2, 0.25) is 9.84 Å². The zero-order valence-electron chi connectivity index (χ0n) is 11.1. The van der Waals surface area contributed by atoms with E-state index >= 15 is 0 Å². The molecule has 0 N–H and O–H groups in total. The van der Waals surface area contributed by atoms with Crippen molar-refractivity contribution in [2.75, 3.05) is 7.11 Å². The maximum absolute atomic E-state index is 12.4. The molecule has 1 aromatic carbocycles. The molecule has 0 aromatic heterocycles. The van der Waals surface area contributed by atoms with Crippen LogP contribution in [0, 0.1) is 5.41 Å². The van der Waals surface area contributed by atoms with Crippen LogP contribution in [-0.4, -0.2) is 15.5 Å². The molecular weight excluding hydrogens is 248 g/mol. The minimum Gasteiger partial charge on any atom is -0.497 e. The Kier molecular flexibility index (Phi) is 3.01. The molecule has 0 aliphatic carbocycles. The van der Waals surface area contributed by atoms with Gasteiger partial charge in [0.1, 0.15) is 5.75 Å². The van der Waals surface area contributed by atoms with E-state index in [0.29, 0.717) is 22.0 Å². The van der Waals surface area contributed by atoms with Crippen molar-refractivity contribution in [1.29, 1.82) is 0 Å². The molecule has 0 spiro atoms. The molecule has 1 aliphatic heterocycles. The molecule has 1 aromatic rings. The predicted molar refractivity (Wildman–Crippen MR) is 72.2 cm³/mol. The Hall–Kier alpha value is -1.29. The first-order valence-corrected chi connectivity index (χ1v) is 7.36. The first-order chi connectivity index (χ1) is 8.24. The average molecular weight is 266 g/mol. The zero-order chi connectivity index (χ0) is 13.6. The fourth-order valence-corrected chi connectivity index (χ4v) is 3.95. The van der Waals surface area contributed by atoms with Crippen LogP contribution in [0.15, 0.2) is 28.0 Å². The van der Waals surface area contributed by atoms with Gasteiger partial charge in [0.05, 0.1) is 16.9 Å². The first kappa shape index (κ1) is 13.1. The number of benzene rings is 1. The van der Waals surface area contributed by atoms with E-state index in [1.54, 1.807) is 24.3 Å². The molecule has 3 nitrogen and oxygen atoms in total. The van der Waals surface area contributed by atoms with E-state index in [1.165, 1.54) is 7.11 Å². The topological polar surface area (TPSA) is 43.4 Å². The van der Waals surface area contributed by atoms with Gasteiger partial charge in [-0.15, -0.1) is 0 Å². The van der Waals surface area contributed by atoms with E-state index in [1.807, 2.05) is 20.8 Å². The van der Waals surface area contributed by atoms with Crippen LogP contribution in [0.5, 0.6) is 5.75 Å². The van der Waals surface area contributed by atoms with Gasteiger partial charge in [0.25, 0.3) is 0 Å². The van der Waals surface area contributed by atoms with Crippen molar-refractivity contribution >= 4 is 15.9 Å². The second-order valence-corrected chi connectivity index (χ2v) is 7.73. The van der Waals surface area contributed by atoms with Gasteiger partial charge in [-0.3, -0.25) is 0 Å². The molecule has 0 unspecified atom stereocenters. The molecule has 98 valence electrons. The van der Waals surface area contributed by atoms with Crippen molar-refractivity contribution in [2.24, 2.45) is 5.41 Å². The van der Waals surface area contributed by atoms with Gasteiger partial charge >= 0.3 is 0 Å². The Morgan fingerprint density at radius 1 is 1.22 bits per heavy atom. The second kappa shape index (κ2) is 4.12. The standard InChI is InChI=1S/C14H18O3S/c1-14(2,3)9-12-7-10-5-6-11(17-4)8-13(10)18(12,15)16/h5-8H,9H2,1-4H3. The lowest BCUT2D eigenvalue weighted by Crippen LogP contribution is -2.10. The molecule has 2 rings (SSSR count). The van der Waals surface area contributed by atoms with Crippen LogP contribution in [0.3, 0.4) is 0 Å². The van der Waals surface area contributed by atoms with E-state index in [4.69, 9.17) is 4.74 Å². The van der Waals surface area contributed by atoms with E-state index < -0.39 is 9.84 Å². The van der Waals surface area contributed by atoms with Crippen LogP contribution in [0.1, 0.15) is 32.8 Å². The van der Waals surface area contributed by atoms with Crippen LogP contribution in [0.2, 0.25) is 0 Å². The van der Waals surface area contributed by atoms with Gasteiger partial charge in [0, 0.05) is 0 Å². The molecule has 0 saturated carbocycles. The maximum atomic E-state index is 12.4. The minimum atomic E-state index is -3.33. The van der Waals surface area contributed by atoms with Gasteiger partial charge in [0.15, 0.2) is 0 Å². The van der Waals surface area contributed by atoms with Crippen LogP contribution < -0.4 is 4.74 Å². The zero-order valence-corrected chi connectivity index (χ0v) is 12.0. The van der Waals surface area contributed by atoms with Crippen LogP contribution >= 0.6 is 0 Å². The van der Waals surface area contributed by atoms with Gasteiger partial charge in [-0.25, -0.2) is 8.42 Å². The van der Waals surface area contributed by atoms with Gasteiger partial charge in [-0.1, -0.05) is 20.8 Å². The number of allylic oxidation sites excluding steroid dienone is 1. The number of sulfone groups is 1. The number of hydrogen-bond donors (Lipinski definition) is 0. The summed E-state index contributed by atoms with van der Waals surface area (Å²) in [5, 5.41) is 0. The van der Waals surface area contributed by atoms with Gasteiger partial charge in [-0.2, -0.15) is 0 Å². The minimum absolute atomic E-state index is 0.0506. The van der Waals surface area contributed by atoms with Crippen molar-refractivity contribution in [2.45, 2.75) is 32.1 Å². The molecule has 1 aliphatic rings. The van der Waals surface area contributed by atoms with E-state index in [2.05, 4.69) is 0 Å². The van der Waals surface area contributed by atoms with Crippen LogP contribution in [0.25, 0.3) is 6.08 Å². The third kappa shape index (κ3) is 2.29. The van der Waals surface area contributed by atoms with Crippen LogP contribution in [-0.2, 0) is 9.84 Å². The number of ether oxygens (including phenoxy) is 1. The number of hydrogen-bond acceptors (Lipinski definition) is 3. The second-order valence-electron chi connectivity index (χ2n) is 5.76. The summed E-state index contributed by atoms with van der Waals surface area (Å²) >= 11 is 0. The molecule has 0 bridgehead atoms. The van der Waals surface area contributed by atoms with Gasteiger partial charge in [-0.05, 0) is 41.7 Å². The fourth-order valence-electron chi connectivity index (χ4n) is 2.05. The molecule has 0 saturated heterocycles. The SMILES string of the molecule is COc1ccc2c(c1)S(=O)(=O)C(CC(C)(C)C)=C2. The van der Waals surface area contributed by atoms with Crippen molar-refractivity contribution in [1.82, 2.24) is 0 Å². The van der Waals surface area contributed by atoms with Crippen molar-refractivity contribution in [3.05, 3.63) is 28.7 Å². The Labute approximate surface area is 108 Å². The lowest BCUT2D eigenvalue weighted by molar-refractivity contribution is 0.413. The summed E-state index contributed by atoms with van der Waals surface area (Å²) in [5.41, 5.74) is 0.709. The lowest BCUT2D eigenvalue weighted by atomic mass is 9.92. The molecule has 0 fully saturated rings. The Morgan fingerprint density at radius 3 is 2.44 bits per heavy atom. The van der Waals surface area contributed by atoms with E-state index in [-0.39, 0.29) is 5.41 Å². The molecule has 0 amide bonds. The first-order valence-electron chi connectivity index (χ1n) is 5.88. The predicted octanol–water partition coefficient (Wildman–Crippen LogP) is 3.26. The molecule has 4 heteroatoms. The summed E-state index contributed by atoms with van der Waals surface area (Å²) < 4.78 is 29.9. The number of fused-ring (bicyclic) bond motifs is 1. The maximum Gasteiger partial charge on any atom is 0.203 e. The summed E-state index contributed by atoms with van der Waals surface area (Å²) in [7, 11) is -1.80. The van der Waals surface area contributed by atoms with Crippen LogP contribution in [0.4, 0.5) is 0 Å². The molecule has 18 heavy (non-hydrogen) atoms. The normalized spacial score (nSPS) is 17.2. The molecule has 1 heterocycles. The highest BCUT2D eigenvalue weighted by Crippen LogP contribution is 2.40. The third-order valence-corrected chi connectivity index (χ3v) is 4.76. The summed E-state index contributed by atoms with van der Waals surface area (Å²) in [6.07, 6.45) is 2.32.